The maximum Gasteiger partial charge on any atom is 0.221 e. The predicted octanol–water partition coefficient (Wildman–Crippen LogP) is 2.14. The minimum atomic E-state index is 0.638. The van der Waals surface area contributed by atoms with Gasteiger partial charge in [-0.15, -0.1) is 0 Å². The third-order valence-electron chi connectivity index (χ3n) is 2.56. The molecule has 1 aromatic rings. The molecule has 0 fully saturated rings. The lowest BCUT2D eigenvalue weighted by molar-refractivity contribution is 0.284. The first-order chi connectivity index (χ1) is 8.19. The SMILES string of the molecule is CCc1c(NN)ncnc1OCCCC(C)C. The molecule has 0 saturated heterocycles. The summed E-state index contributed by atoms with van der Waals surface area (Å²) in [4.78, 5) is 8.20. The first-order valence-corrected chi connectivity index (χ1v) is 6.12. The highest BCUT2D eigenvalue weighted by atomic mass is 16.5. The molecule has 5 nitrogen and oxygen atoms in total. The van der Waals surface area contributed by atoms with Crippen LogP contribution in [0.5, 0.6) is 5.88 Å². The fourth-order valence-electron chi connectivity index (χ4n) is 1.62. The van der Waals surface area contributed by atoms with Crippen molar-refractivity contribution < 1.29 is 4.74 Å². The Morgan fingerprint density at radius 1 is 1.41 bits per heavy atom. The zero-order valence-corrected chi connectivity index (χ0v) is 10.9. The molecular formula is C12H22N4O. The van der Waals surface area contributed by atoms with Crippen molar-refractivity contribution in [1.29, 1.82) is 0 Å². The molecule has 3 N–H and O–H groups in total. The minimum Gasteiger partial charge on any atom is -0.477 e. The van der Waals surface area contributed by atoms with Crippen molar-refractivity contribution in [2.75, 3.05) is 12.0 Å². The van der Waals surface area contributed by atoms with Crippen LogP contribution in [0, 0.1) is 5.92 Å². The van der Waals surface area contributed by atoms with Gasteiger partial charge in [0.15, 0.2) is 0 Å². The van der Waals surface area contributed by atoms with Crippen LogP contribution in [0.4, 0.5) is 5.82 Å². The fourth-order valence-corrected chi connectivity index (χ4v) is 1.62. The number of nitrogens with two attached hydrogens (primary N) is 1. The van der Waals surface area contributed by atoms with E-state index in [-0.39, 0.29) is 0 Å². The van der Waals surface area contributed by atoms with Crippen molar-refractivity contribution in [3.05, 3.63) is 11.9 Å². The van der Waals surface area contributed by atoms with Gasteiger partial charge in [-0.2, -0.15) is 0 Å². The Balaban J connectivity index is 2.58. The molecule has 0 aliphatic rings. The topological polar surface area (TPSA) is 73.1 Å². The zero-order valence-electron chi connectivity index (χ0n) is 10.9. The van der Waals surface area contributed by atoms with Crippen molar-refractivity contribution in [2.45, 2.75) is 40.0 Å². The highest BCUT2D eigenvalue weighted by Gasteiger charge is 2.09. The summed E-state index contributed by atoms with van der Waals surface area (Å²) in [5.41, 5.74) is 3.49. The summed E-state index contributed by atoms with van der Waals surface area (Å²) in [6.07, 6.45) is 4.46. The highest BCUT2D eigenvalue weighted by Crippen LogP contribution is 2.21. The van der Waals surface area contributed by atoms with E-state index in [0.717, 1.165) is 24.8 Å². The number of nitrogens with one attached hydrogen (secondary N) is 1. The second-order valence-corrected chi connectivity index (χ2v) is 4.39. The number of rotatable bonds is 7. The van der Waals surface area contributed by atoms with E-state index in [9.17, 15) is 0 Å². The van der Waals surface area contributed by atoms with Crippen LogP contribution < -0.4 is 16.0 Å². The fraction of sp³-hybridized carbons (Fsp3) is 0.667. The first-order valence-electron chi connectivity index (χ1n) is 6.12. The van der Waals surface area contributed by atoms with Gasteiger partial charge in [-0.1, -0.05) is 20.8 Å². The van der Waals surface area contributed by atoms with E-state index >= 15 is 0 Å². The van der Waals surface area contributed by atoms with Crippen molar-refractivity contribution in [3.63, 3.8) is 0 Å². The number of aromatic nitrogens is 2. The standard InChI is InChI=1S/C12H22N4O/c1-4-10-11(16-13)14-8-15-12(10)17-7-5-6-9(2)3/h8-9H,4-7,13H2,1-3H3,(H,14,15,16). The van der Waals surface area contributed by atoms with Gasteiger partial charge >= 0.3 is 0 Å². The van der Waals surface area contributed by atoms with Crippen LogP contribution in [0.1, 0.15) is 39.2 Å². The predicted molar refractivity (Wildman–Crippen MR) is 68.8 cm³/mol. The second kappa shape index (κ2) is 7.06. The second-order valence-electron chi connectivity index (χ2n) is 4.39. The molecule has 0 aliphatic carbocycles. The molecule has 0 amide bonds. The Labute approximate surface area is 103 Å². The summed E-state index contributed by atoms with van der Waals surface area (Å²) in [5.74, 6) is 7.38. The van der Waals surface area contributed by atoms with Gasteiger partial charge in [0.05, 0.1) is 12.2 Å². The molecular weight excluding hydrogens is 216 g/mol. The number of anilines is 1. The monoisotopic (exact) mass is 238 g/mol. The Morgan fingerprint density at radius 2 is 2.18 bits per heavy atom. The maximum absolute atomic E-state index is 5.67. The van der Waals surface area contributed by atoms with Crippen LogP contribution in [0.25, 0.3) is 0 Å². The van der Waals surface area contributed by atoms with Crippen LogP contribution in [0.15, 0.2) is 6.33 Å². The molecule has 5 heteroatoms. The highest BCUT2D eigenvalue weighted by molar-refractivity contribution is 5.47. The number of hydrogen-bond acceptors (Lipinski definition) is 5. The molecule has 1 aromatic heterocycles. The number of nitrogen functional groups attached to an aromatic ring is 1. The van der Waals surface area contributed by atoms with Crippen molar-refractivity contribution >= 4 is 5.82 Å². The lowest BCUT2D eigenvalue weighted by Crippen LogP contribution is -2.13. The van der Waals surface area contributed by atoms with Gasteiger partial charge in [0.2, 0.25) is 5.88 Å². The van der Waals surface area contributed by atoms with Gasteiger partial charge in [0.25, 0.3) is 0 Å². The number of nitrogens with zero attached hydrogens (tertiary/aromatic N) is 2. The summed E-state index contributed by atoms with van der Waals surface area (Å²) in [6.45, 7) is 7.13. The molecule has 0 aromatic carbocycles. The molecule has 0 atom stereocenters. The van der Waals surface area contributed by atoms with Crippen LogP contribution in [-0.2, 0) is 6.42 Å². The minimum absolute atomic E-state index is 0.638. The number of hydrazine groups is 1. The van der Waals surface area contributed by atoms with Gasteiger partial charge in [-0.3, -0.25) is 0 Å². The molecule has 96 valence electrons. The molecule has 1 heterocycles. The Bertz CT molecular complexity index is 341. The maximum atomic E-state index is 5.67. The lowest BCUT2D eigenvalue weighted by Gasteiger charge is -2.12. The van der Waals surface area contributed by atoms with Gasteiger partial charge in [-0.25, -0.2) is 15.8 Å². The Morgan fingerprint density at radius 3 is 2.76 bits per heavy atom. The van der Waals surface area contributed by atoms with E-state index in [1.165, 1.54) is 6.33 Å². The van der Waals surface area contributed by atoms with Crippen LogP contribution in [-0.4, -0.2) is 16.6 Å². The molecule has 0 aliphatic heterocycles. The molecule has 0 spiro atoms. The largest absolute Gasteiger partial charge is 0.477 e. The molecule has 0 bridgehead atoms. The normalized spacial score (nSPS) is 10.6. The first kappa shape index (κ1) is 13.7. The molecule has 1 rings (SSSR count). The average molecular weight is 238 g/mol. The summed E-state index contributed by atoms with van der Waals surface area (Å²) < 4.78 is 5.67. The van der Waals surface area contributed by atoms with Gasteiger partial charge < -0.3 is 10.2 Å². The van der Waals surface area contributed by atoms with Crippen molar-refractivity contribution in [2.24, 2.45) is 11.8 Å². The number of hydrogen-bond donors (Lipinski definition) is 2. The van der Waals surface area contributed by atoms with Crippen molar-refractivity contribution in [3.8, 4) is 5.88 Å². The third kappa shape index (κ3) is 4.19. The van der Waals surface area contributed by atoms with E-state index < -0.39 is 0 Å². The van der Waals surface area contributed by atoms with E-state index in [1.807, 2.05) is 6.92 Å². The van der Waals surface area contributed by atoms with E-state index in [0.29, 0.717) is 24.2 Å². The van der Waals surface area contributed by atoms with Crippen LogP contribution >= 0.6 is 0 Å². The third-order valence-corrected chi connectivity index (χ3v) is 2.56. The quantitative estimate of drug-likeness (QED) is 0.432. The van der Waals surface area contributed by atoms with Crippen LogP contribution in [0.2, 0.25) is 0 Å². The van der Waals surface area contributed by atoms with Gasteiger partial charge in [0, 0.05) is 0 Å². The smallest absolute Gasteiger partial charge is 0.221 e. The zero-order chi connectivity index (χ0) is 12.7. The lowest BCUT2D eigenvalue weighted by atomic mass is 10.1. The van der Waals surface area contributed by atoms with Crippen LogP contribution in [0.3, 0.4) is 0 Å². The molecule has 17 heavy (non-hydrogen) atoms. The summed E-state index contributed by atoms with van der Waals surface area (Å²) in [7, 11) is 0. The van der Waals surface area contributed by atoms with E-state index in [4.69, 9.17) is 10.6 Å². The van der Waals surface area contributed by atoms with Crippen molar-refractivity contribution in [1.82, 2.24) is 9.97 Å². The van der Waals surface area contributed by atoms with Gasteiger partial charge in [-0.05, 0) is 25.2 Å². The molecule has 0 unspecified atom stereocenters. The van der Waals surface area contributed by atoms with Gasteiger partial charge in [0.1, 0.15) is 12.1 Å². The summed E-state index contributed by atoms with van der Waals surface area (Å²) in [5, 5.41) is 0. The summed E-state index contributed by atoms with van der Waals surface area (Å²) >= 11 is 0. The summed E-state index contributed by atoms with van der Waals surface area (Å²) in [6, 6.07) is 0. The molecule has 0 saturated carbocycles. The average Bonchev–Trinajstić information content (AvgIpc) is 2.33. The Hall–Kier alpha value is -1.36. The Kier molecular flexibility index (Phi) is 5.69. The van der Waals surface area contributed by atoms with E-state index in [1.54, 1.807) is 0 Å². The molecule has 0 radical (unpaired) electrons. The van der Waals surface area contributed by atoms with E-state index in [2.05, 4.69) is 29.2 Å². The number of ether oxygens (including phenoxy) is 1.